The number of ether oxygens (including phenoxy) is 3. The van der Waals surface area contributed by atoms with Crippen LogP contribution in [0.3, 0.4) is 0 Å². The smallest absolute Gasteiger partial charge is 0.408 e. The number of fused-ring (bicyclic) bond motifs is 3. The molecule has 0 unspecified atom stereocenters. The lowest BCUT2D eigenvalue weighted by Gasteiger charge is -2.25. The Hall–Kier alpha value is -4.54. The predicted octanol–water partition coefficient (Wildman–Crippen LogP) is 3.00. The molecular weight excluding hydrogens is 528 g/mol. The van der Waals surface area contributed by atoms with Crippen molar-refractivity contribution >= 4 is 34.8 Å². The van der Waals surface area contributed by atoms with Crippen LogP contribution in [-0.2, 0) is 36.7 Å². The van der Waals surface area contributed by atoms with Gasteiger partial charge in [-0.15, -0.1) is 0 Å². The molecule has 4 rings (SSSR count). The number of H-pyrrole nitrogens is 1. The maximum Gasteiger partial charge on any atom is 0.408 e. The molecule has 0 saturated carbocycles. The van der Waals surface area contributed by atoms with E-state index in [-0.39, 0.29) is 12.8 Å². The zero-order valence-corrected chi connectivity index (χ0v) is 24.0. The lowest BCUT2D eigenvalue weighted by atomic mass is 9.95. The van der Waals surface area contributed by atoms with Crippen LogP contribution in [0.15, 0.2) is 42.6 Å². The zero-order chi connectivity index (χ0) is 29.9. The second-order valence-corrected chi connectivity index (χ2v) is 11.0. The Kier molecular flexibility index (Phi) is 8.55. The first kappa shape index (κ1) is 29.4. The van der Waals surface area contributed by atoms with Gasteiger partial charge in [0.15, 0.2) is 0 Å². The van der Waals surface area contributed by atoms with Gasteiger partial charge in [-0.1, -0.05) is 24.3 Å². The van der Waals surface area contributed by atoms with Crippen molar-refractivity contribution in [2.75, 3.05) is 14.2 Å². The van der Waals surface area contributed by atoms with E-state index in [1.165, 1.54) is 14.0 Å². The Morgan fingerprint density at radius 2 is 1.73 bits per heavy atom. The third-order valence-electron chi connectivity index (χ3n) is 6.78. The van der Waals surface area contributed by atoms with Crippen molar-refractivity contribution in [2.45, 2.75) is 64.3 Å². The van der Waals surface area contributed by atoms with Gasteiger partial charge in [0.2, 0.25) is 11.8 Å². The second kappa shape index (κ2) is 11.9. The summed E-state index contributed by atoms with van der Waals surface area (Å²) < 4.78 is 16.0. The number of carbonyl (C=O) groups excluding carboxylic acids is 4. The van der Waals surface area contributed by atoms with Gasteiger partial charge in [-0.25, -0.2) is 9.59 Å². The van der Waals surface area contributed by atoms with Crippen LogP contribution in [0.5, 0.6) is 5.75 Å². The van der Waals surface area contributed by atoms with Gasteiger partial charge >= 0.3 is 12.1 Å². The van der Waals surface area contributed by atoms with Gasteiger partial charge in [0, 0.05) is 35.6 Å². The fraction of sp³-hybridized carbons (Fsp3) is 0.400. The standard InChI is InChI=1S/C30H36N4O7/c1-16-26(35)33-23(28(37)40-6)14-18-15-31-25-19(18)8-7-9-20(25)21-12-17(10-11-24(21)39-5)13-22(27(36)32-16)34-29(38)41-30(2,3)4/h7-12,15-16,22-23,31H,13-14H2,1-6H3,(H,32,36)(H,33,35)(H,34,38)/t16-,22-,23-/m0/s1. The first-order valence-electron chi connectivity index (χ1n) is 13.3. The lowest BCUT2D eigenvalue weighted by Crippen LogP contribution is -2.56. The number of esters is 1. The summed E-state index contributed by atoms with van der Waals surface area (Å²) in [5.41, 5.74) is 3.20. The van der Waals surface area contributed by atoms with E-state index in [0.29, 0.717) is 5.75 Å². The number of aromatic amines is 1. The molecule has 0 aliphatic carbocycles. The third kappa shape index (κ3) is 6.79. The molecule has 1 aromatic heterocycles. The molecule has 11 heteroatoms. The van der Waals surface area contributed by atoms with E-state index in [1.807, 2.05) is 36.4 Å². The van der Waals surface area contributed by atoms with Crippen LogP contribution in [0.4, 0.5) is 4.79 Å². The van der Waals surface area contributed by atoms with E-state index in [2.05, 4.69) is 20.9 Å². The van der Waals surface area contributed by atoms with Crippen LogP contribution in [0, 0.1) is 0 Å². The maximum absolute atomic E-state index is 13.4. The molecule has 41 heavy (non-hydrogen) atoms. The molecule has 218 valence electrons. The topological polar surface area (TPSA) is 148 Å². The Morgan fingerprint density at radius 1 is 0.976 bits per heavy atom. The quantitative estimate of drug-likeness (QED) is 0.358. The highest BCUT2D eigenvalue weighted by atomic mass is 16.6. The van der Waals surface area contributed by atoms with Crippen molar-refractivity contribution in [3.8, 4) is 16.9 Å². The van der Waals surface area contributed by atoms with E-state index < -0.39 is 47.6 Å². The summed E-state index contributed by atoms with van der Waals surface area (Å²) >= 11 is 0. The number of aromatic nitrogens is 1. The lowest BCUT2D eigenvalue weighted by molar-refractivity contribution is -0.145. The monoisotopic (exact) mass is 564 g/mol. The van der Waals surface area contributed by atoms with E-state index in [1.54, 1.807) is 34.1 Å². The number of methoxy groups -OCH3 is 2. The molecule has 0 radical (unpaired) electrons. The summed E-state index contributed by atoms with van der Waals surface area (Å²) in [6.07, 6.45) is 1.29. The van der Waals surface area contributed by atoms with Crippen LogP contribution >= 0.6 is 0 Å². The predicted molar refractivity (Wildman–Crippen MR) is 152 cm³/mol. The summed E-state index contributed by atoms with van der Waals surface area (Å²) in [6.45, 7) is 6.66. The minimum absolute atomic E-state index is 0.104. The minimum Gasteiger partial charge on any atom is -0.496 e. The van der Waals surface area contributed by atoms with Crippen LogP contribution in [-0.4, -0.2) is 66.8 Å². The molecule has 0 saturated heterocycles. The highest BCUT2D eigenvalue weighted by Crippen LogP contribution is 2.36. The van der Waals surface area contributed by atoms with Gasteiger partial charge in [0.05, 0.1) is 19.7 Å². The summed E-state index contributed by atoms with van der Waals surface area (Å²) in [5.74, 6) is -1.17. The van der Waals surface area contributed by atoms with Crippen LogP contribution in [0.2, 0.25) is 0 Å². The first-order chi connectivity index (χ1) is 19.4. The number of nitrogens with one attached hydrogen (secondary N) is 4. The van der Waals surface area contributed by atoms with E-state index >= 15 is 0 Å². The van der Waals surface area contributed by atoms with Crippen LogP contribution in [0.1, 0.15) is 38.8 Å². The number of hydrogen-bond acceptors (Lipinski definition) is 7. The highest BCUT2D eigenvalue weighted by molar-refractivity contribution is 5.98. The fourth-order valence-corrected chi connectivity index (χ4v) is 4.82. The highest BCUT2D eigenvalue weighted by Gasteiger charge is 2.30. The average molecular weight is 565 g/mol. The van der Waals surface area contributed by atoms with Crippen LogP contribution < -0.4 is 20.7 Å². The van der Waals surface area contributed by atoms with Crippen molar-refractivity contribution in [1.82, 2.24) is 20.9 Å². The van der Waals surface area contributed by atoms with Gasteiger partial charge in [-0.2, -0.15) is 0 Å². The molecule has 4 N–H and O–H groups in total. The number of amides is 3. The largest absolute Gasteiger partial charge is 0.496 e. The Labute approximate surface area is 238 Å². The third-order valence-corrected chi connectivity index (χ3v) is 6.78. The summed E-state index contributed by atoms with van der Waals surface area (Å²) in [7, 11) is 2.83. The number of para-hydroxylation sites is 1. The second-order valence-electron chi connectivity index (χ2n) is 11.0. The number of rotatable bonds is 3. The maximum atomic E-state index is 13.4. The molecule has 11 nitrogen and oxygen atoms in total. The first-order valence-corrected chi connectivity index (χ1v) is 13.3. The summed E-state index contributed by atoms with van der Waals surface area (Å²) in [4.78, 5) is 55.2. The van der Waals surface area contributed by atoms with Crippen molar-refractivity contribution in [3.05, 3.63) is 53.7 Å². The summed E-state index contributed by atoms with van der Waals surface area (Å²) in [6, 6.07) is 8.22. The molecule has 3 aromatic rings. The van der Waals surface area contributed by atoms with Gasteiger partial charge < -0.3 is 35.1 Å². The van der Waals surface area contributed by atoms with E-state index in [4.69, 9.17) is 14.2 Å². The molecular formula is C30H36N4O7. The molecule has 2 aromatic carbocycles. The Morgan fingerprint density at radius 3 is 2.41 bits per heavy atom. The zero-order valence-electron chi connectivity index (χ0n) is 24.0. The minimum atomic E-state index is -1.07. The molecule has 3 atom stereocenters. The SMILES string of the molecule is COC(=O)[C@@H]1Cc2c[nH]c3c(cccc23)-c2cc(ccc2OC)C[C@H](NC(=O)OC(C)(C)C)C(=O)N[C@@H](C)C(=O)N1. The molecule has 1 aliphatic rings. The number of alkyl carbamates (subject to hydrolysis) is 1. The number of hydrogen-bond donors (Lipinski definition) is 4. The molecule has 2 heterocycles. The van der Waals surface area contributed by atoms with Crippen molar-refractivity contribution in [3.63, 3.8) is 0 Å². The normalized spacial score (nSPS) is 19.7. The van der Waals surface area contributed by atoms with E-state index in [9.17, 15) is 19.2 Å². The molecule has 0 spiro atoms. The summed E-state index contributed by atoms with van der Waals surface area (Å²) in [5, 5.41) is 8.86. The Balaban J connectivity index is 1.84. The van der Waals surface area contributed by atoms with Crippen molar-refractivity contribution in [1.29, 1.82) is 0 Å². The number of benzene rings is 2. The molecule has 0 fully saturated rings. The van der Waals surface area contributed by atoms with Gasteiger partial charge in [0.25, 0.3) is 0 Å². The van der Waals surface area contributed by atoms with Crippen LogP contribution in [0.25, 0.3) is 22.0 Å². The average Bonchev–Trinajstić information content (AvgIpc) is 3.33. The van der Waals surface area contributed by atoms with Gasteiger partial charge in [-0.3, -0.25) is 9.59 Å². The van der Waals surface area contributed by atoms with Gasteiger partial charge in [0.1, 0.15) is 29.5 Å². The molecule has 1 aliphatic heterocycles. The van der Waals surface area contributed by atoms with E-state index in [0.717, 1.165) is 33.2 Å². The fourth-order valence-electron chi connectivity index (χ4n) is 4.82. The molecule has 3 amide bonds. The van der Waals surface area contributed by atoms with Gasteiger partial charge in [-0.05, 0) is 51.0 Å². The van der Waals surface area contributed by atoms with Crippen molar-refractivity contribution in [2.24, 2.45) is 0 Å². The number of carbonyl (C=O) groups is 4. The molecule has 6 bridgehead atoms. The Bertz CT molecular complexity index is 1470. The van der Waals surface area contributed by atoms with Crippen molar-refractivity contribution < 1.29 is 33.4 Å².